The molecule has 2 aliphatic rings. The Morgan fingerprint density at radius 1 is 1.26 bits per heavy atom. The molecule has 0 aromatic carbocycles. The van der Waals surface area contributed by atoms with E-state index in [4.69, 9.17) is 4.99 Å². The molecule has 0 spiro atoms. The largest absolute Gasteiger partial charge is 0.354 e. The first-order valence-electron chi connectivity index (χ1n) is 10.1. The molecule has 6 nitrogen and oxygen atoms in total. The molecular formula is C20H30N6S. The molecule has 0 aliphatic heterocycles. The van der Waals surface area contributed by atoms with Crippen LogP contribution in [0, 0.1) is 18.8 Å². The van der Waals surface area contributed by atoms with Crippen molar-refractivity contribution in [3.05, 3.63) is 34.0 Å². The summed E-state index contributed by atoms with van der Waals surface area (Å²) in [6.45, 7) is 3.31. The van der Waals surface area contributed by atoms with Crippen molar-refractivity contribution >= 4 is 17.3 Å². The molecular weight excluding hydrogens is 356 g/mol. The Labute approximate surface area is 165 Å². The van der Waals surface area contributed by atoms with E-state index in [9.17, 15) is 0 Å². The van der Waals surface area contributed by atoms with Crippen molar-refractivity contribution in [2.45, 2.75) is 64.6 Å². The summed E-state index contributed by atoms with van der Waals surface area (Å²) in [4.78, 5) is 6.14. The summed E-state index contributed by atoms with van der Waals surface area (Å²) in [5.74, 6) is 4.59. The van der Waals surface area contributed by atoms with Gasteiger partial charge in [-0.1, -0.05) is 25.3 Å². The number of guanidine groups is 1. The van der Waals surface area contributed by atoms with Gasteiger partial charge >= 0.3 is 0 Å². The van der Waals surface area contributed by atoms with Crippen LogP contribution in [0.2, 0.25) is 0 Å². The zero-order valence-electron chi connectivity index (χ0n) is 16.3. The van der Waals surface area contributed by atoms with Crippen molar-refractivity contribution in [2.24, 2.45) is 23.9 Å². The van der Waals surface area contributed by atoms with E-state index in [0.717, 1.165) is 36.0 Å². The number of aromatic nitrogens is 3. The molecule has 2 heterocycles. The molecule has 0 saturated heterocycles. The van der Waals surface area contributed by atoms with Gasteiger partial charge in [-0.15, -0.1) is 21.5 Å². The summed E-state index contributed by atoms with van der Waals surface area (Å²) in [6.07, 6.45) is 8.18. The lowest BCUT2D eigenvalue weighted by Gasteiger charge is -2.33. The second-order valence-corrected chi connectivity index (χ2v) is 8.96. The molecule has 2 aromatic heterocycles. The Balaban J connectivity index is 1.41. The lowest BCUT2D eigenvalue weighted by molar-refractivity contribution is 0.239. The summed E-state index contributed by atoms with van der Waals surface area (Å²) in [5, 5.41) is 17.7. The van der Waals surface area contributed by atoms with E-state index >= 15 is 0 Å². The van der Waals surface area contributed by atoms with Crippen LogP contribution in [0.5, 0.6) is 0 Å². The van der Waals surface area contributed by atoms with E-state index in [1.54, 1.807) is 11.3 Å². The van der Waals surface area contributed by atoms with Gasteiger partial charge in [0.15, 0.2) is 11.8 Å². The minimum atomic E-state index is 0.528. The first kappa shape index (κ1) is 18.5. The van der Waals surface area contributed by atoms with Gasteiger partial charge < -0.3 is 15.2 Å². The predicted octanol–water partition coefficient (Wildman–Crippen LogP) is 3.39. The van der Waals surface area contributed by atoms with Gasteiger partial charge in [0.25, 0.3) is 0 Å². The Bertz CT molecular complexity index is 766. The molecule has 2 saturated carbocycles. The Morgan fingerprint density at radius 2 is 2.15 bits per heavy atom. The van der Waals surface area contributed by atoms with Gasteiger partial charge in [-0.25, -0.2) is 4.99 Å². The first-order valence-corrected chi connectivity index (χ1v) is 11.0. The number of aliphatic imine (C=N–C) groups is 1. The predicted molar refractivity (Wildman–Crippen MR) is 110 cm³/mol. The molecule has 3 atom stereocenters. The highest BCUT2D eigenvalue weighted by Crippen LogP contribution is 2.42. The van der Waals surface area contributed by atoms with Crippen LogP contribution in [0.3, 0.4) is 0 Å². The van der Waals surface area contributed by atoms with Gasteiger partial charge in [0, 0.05) is 18.0 Å². The molecule has 0 amide bonds. The number of aryl methyl sites for hydroxylation is 1. The zero-order valence-corrected chi connectivity index (χ0v) is 17.1. The maximum atomic E-state index is 4.82. The average molecular weight is 387 g/mol. The first-order chi connectivity index (χ1) is 13.2. The molecule has 3 unspecified atom stereocenters. The highest BCUT2D eigenvalue weighted by atomic mass is 32.1. The smallest absolute Gasteiger partial charge is 0.192 e. The summed E-state index contributed by atoms with van der Waals surface area (Å²) >= 11 is 1.77. The van der Waals surface area contributed by atoms with E-state index in [0.29, 0.717) is 12.6 Å². The van der Waals surface area contributed by atoms with Crippen LogP contribution >= 0.6 is 11.3 Å². The third-order valence-corrected chi connectivity index (χ3v) is 7.08. The van der Waals surface area contributed by atoms with Crippen LogP contribution in [-0.4, -0.2) is 26.8 Å². The normalized spacial score (nSPS) is 25.4. The van der Waals surface area contributed by atoms with Crippen molar-refractivity contribution < 1.29 is 0 Å². The second-order valence-electron chi connectivity index (χ2n) is 7.93. The molecule has 4 rings (SSSR count). The number of nitrogens with zero attached hydrogens (tertiary/aromatic N) is 4. The lowest BCUT2D eigenvalue weighted by Crippen LogP contribution is -2.45. The van der Waals surface area contributed by atoms with Crippen molar-refractivity contribution in [1.29, 1.82) is 0 Å². The van der Waals surface area contributed by atoms with Crippen molar-refractivity contribution in [3.63, 3.8) is 0 Å². The van der Waals surface area contributed by atoms with Crippen LogP contribution in [0.4, 0.5) is 0 Å². The third kappa shape index (κ3) is 4.51. The monoisotopic (exact) mass is 386 g/mol. The number of fused-ring (bicyclic) bond motifs is 1. The minimum Gasteiger partial charge on any atom is -0.354 e. The molecule has 27 heavy (non-hydrogen) atoms. The van der Waals surface area contributed by atoms with Gasteiger partial charge in [-0.3, -0.25) is 0 Å². The van der Waals surface area contributed by atoms with Gasteiger partial charge in [0.05, 0.1) is 6.54 Å². The zero-order chi connectivity index (χ0) is 18.6. The lowest BCUT2D eigenvalue weighted by atomic mass is 9.79. The maximum absolute atomic E-state index is 4.82. The van der Waals surface area contributed by atoms with Crippen LogP contribution in [0.1, 0.15) is 55.1 Å². The fourth-order valence-electron chi connectivity index (χ4n) is 4.50. The SMILES string of the molecule is Cc1nnc(CN=C(NCc2cccs2)NC2CCC3CCCC3C2)n1C. The fraction of sp³-hybridized carbons (Fsp3) is 0.650. The molecule has 0 bridgehead atoms. The van der Waals surface area contributed by atoms with Gasteiger partial charge in [-0.2, -0.15) is 0 Å². The van der Waals surface area contributed by atoms with Crippen molar-refractivity contribution in [1.82, 2.24) is 25.4 Å². The highest BCUT2D eigenvalue weighted by molar-refractivity contribution is 7.09. The average Bonchev–Trinajstić information content (AvgIpc) is 3.41. The number of hydrogen-bond donors (Lipinski definition) is 2. The summed E-state index contributed by atoms with van der Waals surface area (Å²) < 4.78 is 2.00. The van der Waals surface area contributed by atoms with Gasteiger partial charge in [0.2, 0.25) is 0 Å². The third-order valence-electron chi connectivity index (χ3n) is 6.20. The Hall–Kier alpha value is -1.89. The van der Waals surface area contributed by atoms with Crippen molar-refractivity contribution in [2.75, 3.05) is 0 Å². The fourth-order valence-corrected chi connectivity index (χ4v) is 5.15. The van der Waals surface area contributed by atoms with E-state index in [2.05, 4.69) is 38.3 Å². The standard InChI is InChI=1S/C20H30N6S/c1-14-24-25-19(26(14)2)13-22-20(21-12-18-7-4-10-27-18)23-17-9-8-15-5-3-6-16(15)11-17/h4,7,10,15-17H,3,5-6,8-9,11-13H2,1-2H3,(H2,21,22,23). The molecule has 2 aromatic rings. The van der Waals surface area contributed by atoms with Crippen LogP contribution in [0.25, 0.3) is 0 Å². The summed E-state index contributed by atoms with van der Waals surface area (Å²) in [5.41, 5.74) is 0. The number of nitrogens with one attached hydrogen (secondary N) is 2. The highest BCUT2D eigenvalue weighted by Gasteiger charge is 2.33. The van der Waals surface area contributed by atoms with Crippen LogP contribution in [0.15, 0.2) is 22.5 Å². The topological polar surface area (TPSA) is 67.1 Å². The Kier molecular flexibility index (Phi) is 5.76. The number of thiophene rings is 1. The molecule has 7 heteroatoms. The summed E-state index contributed by atoms with van der Waals surface area (Å²) in [6, 6.07) is 4.78. The molecule has 2 N–H and O–H groups in total. The second kappa shape index (κ2) is 8.42. The molecule has 2 fully saturated rings. The maximum Gasteiger partial charge on any atom is 0.192 e. The van der Waals surface area contributed by atoms with Gasteiger partial charge in [0.1, 0.15) is 12.4 Å². The van der Waals surface area contributed by atoms with E-state index in [-0.39, 0.29) is 0 Å². The van der Waals surface area contributed by atoms with Crippen LogP contribution < -0.4 is 10.6 Å². The van der Waals surface area contributed by atoms with E-state index in [1.807, 2.05) is 18.5 Å². The molecule has 0 radical (unpaired) electrons. The number of hydrogen-bond acceptors (Lipinski definition) is 4. The van der Waals surface area contributed by atoms with E-state index in [1.165, 1.54) is 43.4 Å². The summed E-state index contributed by atoms with van der Waals surface area (Å²) in [7, 11) is 1.99. The van der Waals surface area contributed by atoms with Crippen LogP contribution in [-0.2, 0) is 20.1 Å². The number of rotatable bonds is 5. The minimum absolute atomic E-state index is 0.528. The van der Waals surface area contributed by atoms with Crippen molar-refractivity contribution in [3.8, 4) is 0 Å². The molecule has 146 valence electrons. The molecule has 2 aliphatic carbocycles. The Morgan fingerprint density at radius 3 is 2.93 bits per heavy atom. The van der Waals surface area contributed by atoms with E-state index < -0.39 is 0 Å². The quantitative estimate of drug-likeness (QED) is 0.611. The van der Waals surface area contributed by atoms with Gasteiger partial charge in [-0.05, 0) is 49.5 Å².